The molecule has 1 N–H and O–H groups in total. The number of phenols is 1. The van der Waals surface area contributed by atoms with Crippen LogP contribution in [0.4, 0.5) is 0 Å². The number of esters is 1. The van der Waals surface area contributed by atoms with Gasteiger partial charge in [-0.3, -0.25) is 9.59 Å². The molecule has 96 valence electrons. The summed E-state index contributed by atoms with van der Waals surface area (Å²) < 4.78 is 5.24. The van der Waals surface area contributed by atoms with Gasteiger partial charge in [-0.1, -0.05) is 19.3 Å². The van der Waals surface area contributed by atoms with Crippen molar-refractivity contribution in [2.75, 3.05) is 0 Å². The summed E-state index contributed by atoms with van der Waals surface area (Å²) in [7, 11) is 0. The van der Waals surface area contributed by atoms with E-state index in [1.807, 2.05) is 0 Å². The zero-order valence-electron chi connectivity index (χ0n) is 10.1. The molecule has 4 heteroatoms. The molecule has 1 aromatic carbocycles. The summed E-state index contributed by atoms with van der Waals surface area (Å²) in [5.41, 5.74) is 0.129. The van der Waals surface area contributed by atoms with Gasteiger partial charge in [0.05, 0.1) is 11.5 Å². The molecule has 0 unspecified atom stereocenters. The highest BCUT2D eigenvalue weighted by molar-refractivity contribution is 5.81. The number of ether oxygens (including phenoxy) is 1. The van der Waals surface area contributed by atoms with Gasteiger partial charge < -0.3 is 9.84 Å². The van der Waals surface area contributed by atoms with Gasteiger partial charge in [0.2, 0.25) is 0 Å². The van der Waals surface area contributed by atoms with E-state index in [4.69, 9.17) is 4.74 Å². The maximum Gasteiger partial charge on any atom is 0.314 e. The first-order valence-electron chi connectivity index (χ1n) is 6.20. The molecule has 1 aromatic rings. The van der Waals surface area contributed by atoms with Crippen molar-refractivity contribution in [2.45, 2.75) is 32.1 Å². The number of hydrogen-bond acceptors (Lipinski definition) is 4. The van der Waals surface area contributed by atoms with Gasteiger partial charge in [0, 0.05) is 0 Å². The minimum Gasteiger partial charge on any atom is -0.507 e. The molecule has 1 fully saturated rings. The predicted octanol–water partition coefficient (Wildman–Crippen LogP) is 2.69. The van der Waals surface area contributed by atoms with Crippen molar-refractivity contribution in [2.24, 2.45) is 5.92 Å². The number of aldehydes is 1. The van der Waals surface area contributed by atoms with Crippen LogP contribution in [0.3, 0.4) is 0 Å². The van der Waals surface area contributed by atoms with E-state index in [-0.39, 0.29) is 23.2 Å². The zero-order valence-corrected chi connectivity index (χ0v) is 10.1. The normalized spacial score (nSPS) is 16.2. The first-order valence-corrected chi connectivity index (χ1v) is 6.20. The van der Waals surface area contributed by atoms with Crippen molar-refractivity contribution in [1.29, 1.82) is 0 Å². The van der Waals surface area contributed by atoms with E-state index < -0.39 is 0 Å². The minimum atomic E-state index is -0.239. The lowest BCUT2D eigenvalue weighted by Gasteiger charge is -2.19. The van der Waals surface area contributed by atoms with Crippen molar-refractivity contribution >= 4 is 12.3 Å². The number of phenolic OH excluding ortho intramolecular Hbond substituents is 1. The number of carbonyl (C=O) groups excluding carboxylic acids is 2. The fourth-order valence-corrected chi connectivity index (χ4v) is 2.23. The number of carbonyl (C=O) groups is 2. The minimum absolute atomic E-state index is 0.0350. The summed E-state index contributed by atoms with van der Waals surface area (Å²) in [5, 5.41) is 9.35. The van der Waals surface area contributed by atoms with Crippen LogP contribution < -0.4 is 4.74 Å². The summed E-state index contributed by atoms with van der Waals surface area (Å²) >= 11 is 0. The lowest BCUT2D eigenvalue weighted by molar-refractivity contribution is -0.139. The Morgan fingerprint density at radius 2 is 2.00 bits per heavy atom. The van der Waals surface area contributed by atoms with E-state index in [0.717, 1.165) is 25.7 Å². The molecule has 0 aromatic heterocycles. The quantitative estimate of drug-likeness (QED) is 0.507. The van der Waals surface area contributed by atoms with Crippen LogP contribution >= 0.6 is 0 Å². The summed E-state index contributed by atoms with van der Waals surface area (Å²) in [6.45, 7) is 0. The van der Waals surface area contributed by atoms with Crippen LogP contribution in [0, 0.1) is 5.92 Å². The number of rotatable bonds is 3. The molecule has 4 nitrogen and oxygen atoms in total. The first kappa shape index (κ1) is 12.6. The molecule has 18 heavy (non-hydrogen) atoms. The molecule has 0 amide bonds. The van der Waals surface area contributed by atoms with E-state index >= 15 is 0 Å². The Morgan fingerprint density at radius 3 is 2.67 bits per heavy atom. The summed E-state index contributed by atoms with van der Waals surface area (Å²) in [5.74, 6) is -0.0718. The average Bonchev–Trinajstić information content (AvgIpc) is 2.42. The standard InChI is InChI=1S/C14H16O4/c15-9-11-8-12(6-7-13(11)16)18-14(17)10-4-2-1-3-5-10/h6-10,16H,1-5H2. The molecule has 0 saturated heterocycles. The molecule has 0 radical (unpaired) electrons. The predicted molar refractivity (Wildman–Crippen MR) is 65.7 cm³/mol. The van der Waals surface area contributed by atoms with Crippen LogP contribution in [0.5, 0.6) is 11.5 Å². The number of aromatic hydroxyl groups is 1. The highest BCUT2D eigenvalue weighted by Gasteiger charge is 2.23. The molecular weight excluding hydrogens is 232 g/mol. The molecule has 0 heterocycles. The Bertz CT molecular complexity index is 447. The SMILES string of the molecule is O=Cc1cc(OC(=O)C2CCCCC2)ccc1O. The number of benzene rings is 1. The van der Waals surface area contributed by atoms with Crippen LogP contribution in [-0.4, -0.2) is 17.4 Å². The lowest BCUT2D eigenvalue weighted by Crippen LogP contribution is -2.22. The first-order chi connectivity index (χ1) is 8.70. The highest BCUT2D eigenvalue weighted by Crippen LogP contribution is 2.27. The Labute approximate surface area is 106 Å². The van der Waals surface area contributed by atoms with Crippen molar-refractivity contribution in [3.8, 4) is 11.5 Å². The molecule has 1 aliphatic rings. The Kier molecular flexibility index (Phi) is 3.97. The monoisotopic (exact) mass is 248 g/mol. The van der Waals surface area contributed by atoms with Gasteiger partial charge in [-0.2, -0.15) is 0 Å². The lowest BCUT2D eigenvalue weighted by atomic mass is 9.89. The maximum absolute atomic E-state index is 11.9. The Morgan fingerprint density at radius 1 is 1.28 bits per heavy atom. The second-order valence-corrected chi connectivity index (χ2v) is 4.59. The highest BCUT2D eigenvalue weighted by atomic mass is 16.5. The van der Waals surface area contributed by atoms with E-state index in [1.54, 1.807) is 0 Å². The van der Waals surface area contributed by atoms with Crippen molar-refractivity contribution < 1.29 is 19.4 Å². The molecule has 1 aliphatic carbocycles. The second-order valence-electron chi connectivity index (χ2n) is 4.59. The third-order valence-electron chi connectivity index (χ3n) is 3.28. The van der Waals surface area contributed by atoms with Gasteiger partial charge in [0.1, 0.15) is 11.5 Å². The van der Waals surface area contributed by atoms with Gasteiger partial charge in [-0.25, -0.2) is 0 Å². The molecule has 2 rings (SSSR count). The zero-order chi connectivity index (χ0) is 13.0. The third kappa shape index (κ3) is 2.88. The van der Waals surface area contributed by atoms with E-state index in [1.165, 1.54) is 24.6 Å². The van der Waals surface area contributed by atoms with Crippen LogP contribution in [0.1, 0.15) is 42.5 Å². The van der Waals surface area contributed by atoms with Crippen LogP contribution in [0.25, 0.3) is 0 Å². The van der Waals surface area contributed by atoms with Crippen molar-refractivity contribution in [3.63, 3.8) is 0 Å². The molecule has 0 spiro atoms. The summed E-state index contributed by atoms with van der Waals surface area (Å²) in [4.78, 5) is 22.5. The van der Waals surface area contributed by atoms with Gasteiger partial charge in [0.25, 0.3) is 0 Å². The van der Waals surface area contributed by atoms with E-state index in [9.17, 15) is 14.7 Å². The third-order valence-corrected chi connectivity index (χ3v) is 3.28. The Hall–Kier alpha value is -1.84. The van der Waals surface area contributed by atoms with Crippen LogP contribution in [0.2, 0.25) is 0 Å². The molecular formula is C14H16O4. The summed E-state index contributed by atoms with van der Waals surface area (Å²) in [6, 6.07) is 4.22. The number of hydrogen-bond donors (Lipinski definition) is 1. The van der Waals surface area contributed by atoms with Crippen molar-refractivity contribution in [1.82, 2.24) is 0 Å². The van der Waals surface area contributed by atoms with Gasteiger partial charge in [-0.05, 0) is 31.0 Å². The van der Waals surface area contributed by atoms with Gasteiger partial charge >= 0.3 is 5.97 Å². The largest absolute Gasteiger partial charge is 0.507 e. The van der Waals surface area contributed by atoms with E-state index in [2.05, 4.69) is 0 Å². The summed E-state index contributed by atoms with van der Waals surface area (Å²) in [6.07, 6.45) is 5.59. The molecule has 1 saturated carbocycles. The van der Waals surface area contributed by atoms with Crippen LogP contribution in [0.15, 0.2) is 18.2 Å². The topological polar surface area (TPSA) is 63.6 Å². The van der Waals surface area contributed by atoms with E-state index in [0.29, 0.717) is 12.0 Å². The molecule has 0 atom stereocenters. The smallest absolute Gasteiger partial charge is 0.314 e. The van der Waals surface area contributed by atoms with Crippen molar-refractivity contribution in [3.05, 3.63) is 23.8 Å². The molecule has 0 aliphatic heterocycles. The fraction of sp³-hybridized carbons (Fsp3) is 0.429. The van der Waals surface area contributed by atoms with Gasteiger partial charge in [-0.15, -0.1) is 0 Å². The molecule has 0 bridgehead atoms. The fourth-order valence-electron chi connectivity index (χ4n) is 2.23. The second kappa shape index (κ2) is 5.67. The maximum atomic E-state index is 11.9. The van der Waals surface area contributed by atoms with Gasteiger partial charge in [0.15, 0.2) is 6.29 Å². The average molecular weight is 248 g/mol. The van der Waals surface area contributed by atoms with Crippen LogP contribution in [-0.2, 0) is 4.79 Å². The Balaban J connectivity index is 2.04.